The van der Waals surface area contributed by atoms with Crippen LogP contribution < -0.4 is 4.74 Å². The van der Waals surface area contributed by atoms with E-state index in [2.05, 4.69) is 57.0 Å². The van der Waals surface area contributed by atoms with Crippen LogP contribution in [0, 0.1) is 0 Å². The van der Waals surface area contributed by atoms with Crippen molar-refractivity contribution in [2.24, 2.45) is 0 Å². The molecule has 0 aliphatic carbocycles. The topological polar surface area (TPSA) is 9.23 Å². The van der Waals surface area contributed by atoms with Gasteiger partial charge in [0, 0.05) is 14.3 Å². The lowest BCUT2D eigenvalue weighted by Gasteiger charge is -2.12. The van der Waals surface area contributed by atoms with Gasteiger partial charge in [-0.1, -0.05) is 55.6 Å². The molecule has 2 aromatic carbocycles. The molecule has 0 N–H and O–H groups in total. The highest BCUT2D eigenvalue weighted by molar-refractivity contribution is 9.11. The Balaban J connectivity index is 2.21. The van der Waals surface area contributed by atoms with E-state index in [9.17, 15) is 0 Å². The minimum atomic E-state index is 0.268. The van der Waals surface area contributed by atoms with Gasteiger partial charge >= 0.3 is 0 Å². The number of halogens is 3. The molecule has 0 aromatic heterocycles. The number of benzene rings is 2. The zero-order chi connectivity index (χ0) is 15.4. The first-order valence-electron chi connectivity index (χ1n) is 6.85. The van der Waals surface area contributed by atoms with E-state index in [4.69, 9.17) is 16.3 Å². The Bertz CT molecular complexity index is 609. The van der Waals surface area contributed by atoms with Gasteiger partial charge in [0.1, 0.15) is 5.75 Å². The molecular weight excluding hydrogens is 415 g/mol. The second-order valence-electron chi connectivity index (χ2n) is 4.83. The Morgan fingerprint density at radius 2 is 1.86 bits per heavy atom. The second kappa shape index (κ2) is 7.66. The van der Waals surface area contributed by atoms with Crippen LogP contribution in [-0.4, -0.2) is 6.61 Å². The first-order valence-corrected chi connectivity index (χ1v) is 8.93. The molecule has 0 saturated heterocycles. The Kier molecular flexibility index (Phi) is 6.15. The zero-order valence-electron chi connectivity index (χ0n) is 12.0. The summed E-state index contributed by atoms with van der Waals surface area (Å²) in [7, 11) is 0. The quantitative estimate of drug-likeness (QED) is 0.487. The van der Waals surface area contributed by atoms with E-state index in [1.807, 2.05) is 25.1 Å². The van der Waals surface area contributed by atoms with Crippen molar-refractivity contribution in [3.8, 4) is 5.75 Å². The summed E-state index contributed by atoms with van der Waals surface area (Å²) in [4.78, 5) is 0.268. The largest absolute Gasteiger partial charge is 0.494 e. The minimum absolute atomic E-state index is 0.268. The number of ether oxygens (including phenoxy) is 1. The van der Waals surface area contributed by atoms with Gasteiger partial charge in [-0.05, 0) is 61.2 Å². The van der Waals surface area contributed by atoms with Gasteiger partial charge < -0.3 is 4.74 Å². The molecule has 2 rings (SSSR count). The van der Waals surface area contributed by atoms with E-state index in [0.717, 1.165) is 32.8 Å². The Morgan fingerprint density at radius 3 is 2.43 bits per heavy atom. The Hall–Kier alpha value is -0.510. The Labute approximate surface area is 147 Å². The van der Waals surface area contributed by atoms with Crippen LogP contribution >= 0.6 is 43.5 Å². The predicted octanol–water partition coefficient (Wildman–Crippen LogP) is 6.55. The molecule has 4 heteroatoms. The van der Waals surface area contributed by atoms with Crippen molar-refractivity contribution in [2.45, 2.75) is 25.1 Å². The molecule has 21 heavy (non-hydrogen) atoms. The van der Waals surface area contributed by atoms with Gasteiger partial charge in [-0.25, -0.2) is 0 Å². The summed E-state index contributed by atoms with van der Waals surface area (Å²) in [5.41, 5.74) is 3.49. The third-order valence-corrected chi connectivity index (χ3v) is 4.76. The van der Waals surface area contributed by atoms with Gasteiger partial charge in [0.25, 0.3) is 0 Å². The fourth-order valence-corrected chi connectivity index (χ4v) is 3.79. The number of hydrogen-bond donors (Lipinski definition) is 0. The summed E-state index contributed by atoms with van der Waals surface area (Å²) in [6.45, 7) is 4.75. The summed E-state index contributed by atoms with van der Waals surface area (Å²) in [5.74, 6) is 0.900. The zero-order valence-corrected chi connectivity index (χ0v) is 15.9. The predicted molar refractivity (Wildman–Crippen MR) is 96.9 cm³/mol. The molecule has 0 saturated carbocycles. The van der Waals surface area contributed by atoms with Crippen LogP contribution in [0.15, 0.2) is 40.9 Å². The van der Waals surface area contributed by atoms with Gasteiger partial charge in [-0.3, -0.25) is 0 Å². The van der Waals surface area contributed by atoms with Crippen LogP contribution in [-0.2, 0) is 6.42 Å². The minimum Gasteiger partial charge on any atom is -0.494 e. The maximum atomic E-state index is 6.41. The molecule has 0 amide bonds. The van der Waals surface area contributed by atoms with Crippen LogP contribution in [0.25, 0.3) is 0 Å². The average Bonchev–Trinajstić information content (AvgIpc) is 2.44. The van der Waals surface area contributed by atoms with Crippen molar-refractivity contribution in [3.63, 3.8) is 0 Å². The molecule has 1 unspecified atom stereocenters. The molecule has 0 aliphatic heterocycles. The summed E-state index contributed by atoms with van der Waals surface area (Å²) < 4.78 is 6.54. The van der Waals surface area contributed by atoms with E-state index in [1.165, 1.54) is 5.56 Å². The van der Waals surface area contributed by atoms with Crippen LogP contribution in [0.5, 0.6) is 5.75 Å². The fraction of sp³-hybridized carbons (Fsp3) is 0.294. The standard InChI is InChI=1S/C17H17Br2ClO/c1-3-21-14-6-4-12(5-7-14)8-13-9-16(19)15(11(2)18)10-17(13)20/h4-7,9-11H,3,8H2,1-2H3. The van der Waals surface area contributed by atoms with Crippen LogP contribution in [0.2, 0.25) is 5.02 Å². The van der Waals surface area contributed by atoms with Crippen LogP contribution in [0.4, 0.5) is 0 Å². The summed E-state index contributed by atoms with van der Waals surface area (Å²) in [6, 6.07) is 12.3. The van der Waals surface area contributed by atoms with Crippen molar-refractivity contribution in [1.82, 2.24) is 0 Å². The first kappa shape index (κ1) is 16.9. The van der Waals surface area contributed by atoms with Crippen molar-refractivity contribution < 1.29 is 4.74 Å². The van der Waals surface area contributed by atoms with Gasteiger partial charge in [0.2, 0.25) is 0 Å². The highest BCUT2D eigenvalue weighted by Gasteiger charge is 2.11. The summed E-state index contributed by atoms with van der Waals surface area (Å²) in [6.07, 6.45) is 0.806. The third-order valence-electron chi connectivity index (χ3n) is 3.22. The molecule has 112 valence electrons. The van der Waals surface area contributed by atoms with Gasteiger partial charge in [0.05, 0.1) is 6.61 Å². The molecular formula is C17H17Br2ClO. The monoisotopic (exact) mass is 430 g/mol. The van der Waals surface area contributed by atoms with Gasteiger partial charge in [-0.15, -0.1) is 0 Å². The third kappa shape index (κ3) is 4.48. The highest BCUT2D eigenvalue weighted by Crippen LogP contribution is 2.34. The number of hydrogen-bond acceptors (Lipinski definition) is 1. The SMILES string of the molecule is CCOc1ccc(Cc2cc(Br)c(C(C)Br)cc2Cl)cc1. The fourth-order valence-electron chi connectivity index (χ4n) is 2.13. The molecule has 0 radical (unpaired) electrons. The lowest BCUT2D eigenvalue weighted by atomic mass is 10.0. The van der Waals surface area contributed by atoms with E-state index in [-0.39, 0.29) is 4.83 Å². The number of rotatable bonds is 5. The first-order chi connectivity index (χ1) is 10.0. The van der Waals surface area contributed by atoms with Crippen molar-refractivity contribution in [2.75, 3.05) is 6.61 Å². The Morgan fingerprint density at radius 1 is 1.19 bits per heavy atom. The van der Waals surface area contributed by atoms with Crippen molar-refractivity contribution in [3.05, 3.63) is 62.6 Å². The van der Waals surface area contributed by atoms with Crippen LogP contribution in [0.3, 0.4) is 0 Å². The van der Waals surface area contributed by atoms with Crippen LogP contribution in [0.1, 0.15) is 35.4 Å². The molecule has 0 spiro atoms. The lowest BCUT2D eigenvalue weighted by molar-refractivity contribution is 0.340. The summed E-state index contributed by atoms with van der Waals surface area (Å²) >= 11 is 13.6. The molecule has 0 fully saturated rings. The maximum Gasteiger partial charge on any atom is 0.119 e. The highest BCUT2D eigenvalue weighted by atomic mass is 79.9. The molecule has 1 atom stereocenters. The van der Waals surface area contributed by atoms with Gasteiger partial charge in [0.15, 0.2) is 0 Å². The van der Waals surface area contributed by atoms with Crippen molar-refractivity contribution in [1.29, 1.82) is 0 Å². The normalized spacial score (nSPS) is 12.2. The second-order valence-corrected chi connectivity index (χ2v) is 7.47. The van der Waals surface area contributed by atoms with Gasteiger partial charge in [-0.2, -0.15) is 0 Å². The lowest BCUT2D eigenvalue weighted by Crippen LogP contribution is -1.95. The van der Waals surface area contributed by atoms with Crippen molar-refractivity contribution >= 4 is 43.5 Å². The molecule has 0 bridgehead atoms. The number of alkyl halides is 1. The molecule has 0 aliphatic rings. The molecule has 2 aromatic rings. The summed E-state index contributed by atoms with van der Waals surface area (Å²) in [5, 5.41) is 0.799. The van der Waals surface area contributed by atoms with E-state index in [0.29, 0.717) is 6.61 Å². The molecule has 0 heterocycles. The average molecular weight is 433 g/mol. The van der Waals surface area contributed by atoms with E-state index >= 15 is 0 Å². The smallest absolute Gasteiger partial charge is 0.119 e. The molecule has 1 nitrogen and oxygen atoms in total. The maximum absolute atomic E-state index is 6.41. The van der Waals surface area contributed by atoms with E-state index < -0.39 is 0 Å². The van der Waals surface area contributed by atoms with E-state index in [1.54, 1.807) is 0 Å².